The Morgan fingerprint density at radius 3 is 2.60 bits per heavy atom. The number of carboxylic acids is 1. The first-order valence-corrected chi connectivity index (χ1v) is 7.93. The molecule has 1 atom stereocenters. The number of aliphatic carboxylic acids is 1. The number of ether oxygens (including phenoxy) is 2. The fraction of sp³-hybridized carbons (Fsp3) is 0.250. The Hall–Kier alpha value is -2.99. The number of methoxy groups -OCH3 is 2. The molecule has 0 bridgehead atoms. The molecule has 130 valence electrons. The number of aromatic amines is 1. The van der Waals surface area contributed by atoms with Crippen LogP contribution in [0.3, 0.4) is 0 Å². The number of carbonyl (C=O) groups excluding carboxylic acids is 1. The third-order valence-electron chi connectivity index (χ3n) is 3.29. The predicted molar refractivity (Wildman–Crippen MR) is 88.4 cm³/mol. The van der Waals surface area contributed by atoms with Gasteiger partial charge in [0.15, 0.2) is 16.7 Å². The van der Waals surface area contributed by atoms with Crippen LogP contribution in [0.15, 0.2) is 28.2 Å². The second kappa shape index (κ2) is 7.72. The normalized spacial score (nSPS) is 11.4. The fourth-order valence-corrected chi connectivity index (χ4v) is 2.75. The molecule has 2 rings (SSSR count). The molecule has 0 aliphatic rings. The Labute approximate surface area is 147 Å². The number of carbonyl (C=O) groups is 1. The lowest BCUT2D eigenvalue weighted by molar-refractivity contribution is -0.304. The highest BCUT2D eigenvalue weighted by Gasteiger charge is 2.17. The largest absolute Gasteiger partial charge is 0.549 e. The maximum Gasteiger partial charge on any atom is 0.270 e. The second-order valence-electron chi connectivity index (χ2n) is 4.86. The van der Waals surface area contributed by atoms with Crippen LogP contribution in [0.2, 0.25) is 0 Å². The first kappa shape index (κ1) is 18.4. The highest BCUT2D eigenvalue weighted by molar-refractivity contribution is 8.00. The van der Waals surface area contributed by atoms with E-state index in [1.165, 1.54) is 21.1 Å². The van der Waals surface area contributed by atoms with E-state index in [1.54, 1.807) is 18.2 Å². The SMILES string of the molecule is COc1ccc(-c2nc(S[C@H](C)C(=O)[O-])[nH]c(=O)c2C#N)cc1OC. The summed E-state index contributed by atoms with van der Waals surface area (Å²) in [5, 5.41) is 19.3. The molecule has 1 aromatic heterocycles. The van der Waals surface area contributed by atoms with Crippen LogP contribution in [0.25, 0.3) is 11.3 Å². The van der Waals surface area contributed by atoms with E-state index in [4.69, 9.17) is 9.47 Å². The van der Waals surface area contributed by atoms with Crippen molar-refractivity contribution in [3.05, 3.63) is 34.1 Å². The smallest absolute Gasteiger partial charge is 0.270 e. The van der Waals surface area contributed by atoms with E-state index in [0.717, 1.165) is 11.8 Å². The zero-order valence-electron chi connectivity index (χ0n) is 13.7. The summed E-state index contributed by atoms with van der Waals surface area (Å²) >= 11 is 0.817. The lowest BCUT2D eigenvalue weighted by Crippen LogP contribution is -2.31. The monoisotopic (exact) mass is 360 g/mol. The van der Waals surface area contributed by atoms with Crippen molar-refractivity contribution in [1.82, 2.24) is 9.97 Å². The van der Waals surface area contributed by atoms with Crippen LogP contribution in [0.1, 0.15) is 12.5 Å². The molecule has 0 amide bonds. The molecule has 8 nitrogen and oxygen atoms in total. The van der Waals surface area contributed by atoms with Crippen molar-refractivity contribution in [2.45, 2.75) is 17.3 Å². The number of nitriles is 1. The number of nitrogens with zero attached hydrogens (tertiary/aromatic N) is 2. The summed E-state index contributed by atoms with van der Waals surface area (Å²) < 4.78 is 10.4. The molecule has 0 spiro atoms. The van der Waals surface area contributed by atoms with E-state index in [-0.39, 0.29) is 16.4 Å². The zero-order chi connectivity index (χ0) is 18.6. The third kappa shape index (κ3) is 3.92. The second-order valence-corrected chi connectivity index (χ2v) is 6.18. The van der Waals surface area contributed by atoms with Gasteiger partial charge in [0.1, 0.15) is 11.6 Å². The van der Waals surface area contributed by atoms with E-state index in [9.17, 15) is 20.0 Å². The van der Waals surface area contributed by atoms with E-state index in [1.807, 2.05) is 6.07 Å². The van der Waals surface area contributed by atoms with Gasteiger partial charge in [-0.25, -0.2) is 4.98 Å². The van der Waals surface area contributed by atoms with Crippen LogP contribution in [0.5, 0.6) is 11.5 Å². The summed E-state index contributed by atoms with van der Waals surface area (Å²) in [6.07, 6.45) is 0. The number of hydrogen-bond acceptors (Lipinski definition) is 8. The van der Waals surface area contributed by atoms with Crippen LogP contribution >= 0.6 is 11.8 Å². The Morgan fingerprint density at radius 1 is 1.36 bits per heavy atom. The maximum absolute atomic E-state index is 12.1. The van der Waals surface area contributed by atoms with E-state index in [2.05, 4.69) is 9.97 Å². The number of aromatic nitrogens is 2. The quantitative estimate of drug-likeness (QED) is 0.584. The van der Waals surface area contributed by atoms with Gasteiger partial charge in [-0.2, -0.15) is 5.26 Å². The van der Waals surface area contributed by atoms with Crippen molar-refractivity contribution >= 4 is 17.7 Å². The number of thioether (sulfide) groups is 1. The van der Waals surface area contributed by atoms with Crippen LogP contribution in [0, 0.1) is 11.3 Å². The molecule has 1 N–H and O–H groups in total. The molecular weight excluding hydrogens is 346 g/mol. The molecule has 2 aromatic rings. The molecule has 0 saturated heterocycles. The Morgan fingerprint density at radius 2 is 2.04 bits per heavy atom. The number of nitrogens with one attached hydrogen (secondary N) is 1. The van der Waals surface area contributed by atoms with Gasteiger partial charge in [0, 0.05) is 10.8 Å². The molecule has 0 unspecified atom stereocenters. The van der Waals surface area contributed by atoms with Gasteiger partial charge in [-0.05, 0) is 25.1 Å². The van der Waals surface area contributed by atoms with Crippen LogP contribution < -0.4 is 20.1 Å². The van der Waals surface area contributed by atoms with Crippen LogP contribution in [0.4, 0.5) is 0 Å². The number of rotatable bonds is 6. The van der Waals surface area contributed by atoms with Gasteiger partial charge in [-0.15, -0.1) is 0 Å². The minimum Gasteiger partial charge on any atom is -0.549 e. The van der Waals surface area contributed by atoms with Gasteiger partial charge in [0.2, 0.25) is 0 Å². The minimum atomic E-state index is -1.29. The Balaban J connectivity index is 2.60. The summed E-state index contributed by atoms with van der Waals surface area (Å²) in [4.78, 5) is 29.7. The van der Waals surface area contributed by atoms with Gasteiger partial charge in [0.25, 0.3) is 5.56 Å². The zero-order valence-corrected chi connectivity index (χ0v) is 14.5. The molecule has 0 saturated carbocycles. The maximum atomic E-state index is 12.1. The topological polar surface area (TPSA) is 128 Å². The van der Waals surface area contributed by atoms with E-state index < -0.39 is 16.8 Å². The van der Waals surface area contributed by atoms with Crippen LogP contribution in [-0.4, -0.2) is 35.4 Å². The molecule has 1 aromatic carbocycles. The number of hydrogen-bond donors (Lipinski definition) is 1. The summed E-state index contributed by atoms with van der Waals surface area (Å²) in [5.74, 6) is -0.400. The lowest BCUT2D eigenvalue weighted by Gasteiger charge is -2.13. The molecule has 9 heteroatoms. The van der Waals surface area contributed by atoms with Crippen molar-refractivity contribution in [3.8, 4) is 28.8 Å². The van der Waals surface area contributed by atoms with Gasteiger partial charge in [-0.1, -0.05) is 11.8 Å². The highest BCUT2D eigenvalue weighted by Crippen LogP contribution is 2.32. The average molecular weight is 360 g/mol. The van der Waals surface area contributed by atoms with Gasteiger partial charge in [-0.3, -0.25) is 4.79 Å². The molecule has 0 fully saturated rings. The first-order valence-electron chi connectivity index (χ1n) is 7.05. The number of benzene rings is 1. The fourth-order valence-electron chi connectivity index (χ4n) is 2.02. The highest BCUT2D eigenvalue weighted by atomic mass is 32.2. The summed E-state index contributed by atoms with van der Waals surface area (Å²) in [6.45, 7) is 1.41. The van der Waals surface area contributed by atoms with Gasteiger partial charge in [0.05, 0.1) is 25.9 Å². The number of carboxylic acid groups (broad SMARTS) is 1. The summed E-state index contributed by atoms with van der Waals surface area (Å²) in [5.41, 5.74) is -0.253. The van der Waals surface area contributed by atoms with Crippen molar-refractivity contribution in [1.29, 1.82) is 5.26 Å². The standard InChI is InChI=1S/C16H15N3O5S/c1-8(15(21)22)25-16-18-13(10(7-17)14(20)19-16)9-4-5-11(23-2)12(6-9)24-3/h4-6,8H,1-3H3,(H,21,22)(H,18,19,20)/p-1/t8-/m1/s1. The molecular formula is C16H14N3O5S-. The minimum absolute atomic E-state index is 0.0745. The average Bonchev–Trinajstić information content (AvgIpc) is 2.60. The first-order chi connectivity index (χ1) is 11.9. The van der Waals surface area contributed by atoms with E-state index in [0.29, 0.717) is 17.1 Å². The third-order valence-corrected chi connectivity index (χ3v) is 4.25. The molecule has 1 heterocycles. The Kier molecular flexibility index (Phi) is 5.67. The van der Waals surface area contributed by atoms with Gasteiger partial charge < -0.3 is 24.4 Å². The predicted octanol–water partition coefficient (Wildman–Crippen LogP) is 0.556. The molecule has 0 aliphatic heterocycles. The molecule has 0 aliphatic carbocycles. The molecule has 0 radical (unpaired) electrons. The summed E-state index contributed by atoms with van der Waals surface area (Å²) in [6, 6.07) is 6.64. The van der Waals surface area contributed by atoms with Crippen LogP contribution in [-0.2, 0) is 4.79 Å². The van der Waals surface area contributed by atoms with Gasteiger partial charge >= 0.3 is 0 Å². The lowest BCUT2D eigenvalue weighted by atomic mass is 10.1. The van der Waals surface area contributed by atoms with E-state index >= 15 is 0 Å². The van der Waals surface area contributed by atoms with Crippen molar-refractivity contribution in [2.75, 3.05) is 14.2 Å². The van der Waals surface area contributed by atoms with Crippen molar-refractivity contribution in [2.24, 2.45) is 0 Å². The van der Waals surface area contributed by atoms with Crippen molar-refractivity contribution < 1.29 is 19.4 Å². The molecule has 25 heavy (non-hydrogen) atoms. The summed E-state index contributed by atoms with van der Waals surface area (Å²) in [7, 11) is 2.95. The van der Waals surface area contributed by atoms with Crippen molar-refractivity contribution in [3.63, 3.8) is 0 Å². The number of H-pyrrole nitrogens is 1. The Bertz CT molecular complexity index is 904.